The number of carbonyl (C=O) groups is 1. The van der Waals surface area contributed by atoms with Crippen LogP contribution in [0.25, 0.3) is 0 Å². The van der Waals surface area contributed by atoms with E-state index in [4.69, 9.17) is 16.7 Å². The standard InChI is InChI=1S/C15H21ClN2O2/c16-13-7-1-2-8-14(13)17-15(20)11-18(9-4-10-19)12-5-3-6-12/h1-2,7-8,12,19H,3-6,9-11H2,(H,17,20). The van der Waals surface area contributed by atoms with Gasteiger partial charge in [-0.3, -0.25) is 9.69 Å². The van der Waals surface area contributed by atoms with Gasteiger partial charge in [0, 0.05) is 19.2 Å². The lowest BCUT2D eigenvalue weighted by Crippen LogP contribution is -2.45. The molecule has 0 unspecified atom stereocenters. The van der Waals surface area contributed by atoms with Crippen molar-refractivity contribution in [3.05, 3.63) is 29.3 Å². The van der Waals surface area contributed by atoms with Gasteiger partial charge < -0.3 is 10.4 Å². The van der Waals surface area contributed by atoms with Crippen molar-refractivity contribution in [1.29, 1.82) is 0 Å². The lowest BCUT2D eigenvalue weighted by atomic mass is 9.91. The molecule has 0 radical (unpaired) electrons. The molecule has 0 bridgehead atoms. The molecule has 1 amide bonds. The van der Waals surface area contributed by atoms with Crippen molar-refractivity contribution in [2.45, 2.75) is 31.7 Å². The molecule has 1 fully saturated rings. The van der Waals surface area contributed by atoms with Gasteiger partial charge in [-0.25, -0.2) is 0 Å². The van der Waals surface area contributed by atoms with Crippen molar-refractivity contribution in [3.63, 3.8) is 0 Å². The molecule has 110 valence electrons. The van der Waals surface area contributed by atoms with Crippen molar-refractivity contribution in [3.8, 4) is 0 Å². The Morgan fingerprint density at radius 1 is 1.40 bits per heavy atom. The van der Waals surface area contributed by atoms with Gasteiger partial charge in [-0.2, -0.15) is 0 Å². The number of amides is 1. The van der Waals surface area contributed by atoms with Gasteiger partial charge in [-0.15, -0.1) is 0 Å². The zero-order chi connectivity index (χ0) is 14.4. The van der Waals surface area contributed by atoms with Gasteiger partial charge in [0.15, 0.2) is 0 Å². The van der Waals surface area contributed by atoms with Crippen LogP contribution in [0, 0.1) is 0 Å². The van der Waals surface area contributed by atoms with E-state index in [9.17, 15) is 4.79 Å². The summed E-state index contributed by atoms with van der Waals surface area (Å²) in [6, 6.07) is 7.71. The van der Waals surface area contributed by atoms with Crippen LogP contribution >= 0.6 is 11.6 Å². The molecule has 0 atom stereocenters. The Hall–Kier alpha value is -1.10. The molecule has 2 N–H and O–H groups in total. The van der Waals surface area contributed by atoms with E-state index in [1.54, 1.807) is 12.1 Å². The minimum atomic E-state index is -0.0528. The molecule has 2 rings (SSSR count). The number of nitrogens with one attached hydrogen (secondary N) is 1. The quantitative estimate of drug-likeness (QED) is 0.813. The van der Waals surface area contributed by atoms with Crippen molar-refractivity contribution < 1.29 is 9.90 Å². The van der Waals surface area contributed by atoms with Gasteiger partial charge in [0.25, 0.3) is 0 Å². The first kappa shape index (κ1) is 15.3. The van der Waals surface area contributed by atoms with Crippen LogP contribution in [-0.4, -0.2) is 41.7 Å². The zero-order valence-corrected chi connectivity index (χ0v) is 12.3. The fourth-order valence-electron chi connectivity index (χ4n) is 2.35. The summed E-state index contributed by atoms with van der Waals surface area (Å²) < 4.78 is 0. The normalized spacial score (nSPS) is 15.2. The van der Waals surface area contributed by atoms with Crippen LogP contribution in [0.4, 0.5) is 5.69 Å². The first-order valence-electron chi connectivity index (χ1n) is 7.10. The van der Waals surface area contributed by atoms with Gasteiger partial charge in [-0.1, -0.05) is 30.2 Å². The lowest BCUT2D eigenvalue weighted by molar-refractivity contribution is -0.118. The van der Waals surface area contributed by atoms with Gasteiger partial charge in [0.1, 0.15) is 0 Å². The third-order valence-corrected chi connectivity index (χ3v) is 4.02. The molecule has 1 aliphatic rings. The number of carbonyl (C=O) groups excluding carboxylic acids is 1. The van der Waals surface area contributed by atoms with E-state index in [0.29, 0.717) is 29.7 Å². The maximum absolute atomic E-state index is 12.1. The van der Waals surface area contributed by atoms with Crippen molar-refractivity contribution in [2.75, 3.05) is 25.0 Å². The summed E-state index contributed by atoms with van der Waals surface area (Å²) in [5.74, 6) is -0.0528. The Morgan fingerprint density at radius 2 is 2.15 bits per heavy atom. The topological polar surface area (TPSA) is 52.6 Å². The maximum atomic E-state index is 12.1. The lowest BCUT2D eigenvalue weighted by Gasteiger charge is -2.37. The predicted molar refractivity (Wildman–Crippen MR) is 81.0 cm³/mol. The summed E-state index contributed by atoms with van der Waals surface area (Å²) in [6.07, 6.45) is 4.22. The fraction of sp³-hybridized carbons (Fsp3) is 0.533. The molecule has 0 heterocycles. The average molecular weight is 297 g/mol. The van der Waals surface area contributed by atoms with E-state index in [0.717, 1.165) is 19.4 Å². The molecular formula is C15H21ClN2O2. The van der Waals surface area contributed by atoms with E-state index in [-0.39, 0.29) is 12.5 Å². The maximum Gasteiger partial charge on any atom is 0.238 e. The minimum absolute atomic E-state index is 0.0528. The molecule has 1 saturated carbocycles. The van der Waals surface area contributed by atoms with E-state index in [1.807, 2.05) is 12.1 Å². The van der Waals surface area contributed by atoms with Crippen LogP contribution < -0.4 is 5.32 Å². The molecule has 0 spiro atoms. The van der Waals surface area contributed by atoms with E-state index in [2.05, 4.69) is 10.2 Å². The van der Waals surface area contributed by atoms with Crippen molar-refractivity contribution in [1.82, 2.24) is 4.90 Å². The first-order valence-corrected chi connectivity index (χ1v) is 7.48. The summed E-state index contributed by atoms with van der Waals surface area (Å²) in [5, 5.41) is 12.3. The number of aliphatic hydroxyl groups excluding tert-OH is 1. The summed E-state index contributed by atoms with van der Waals surface area (Å²) in [6.45, 7) is 1.28. The van der Waals surface area contributed by atoms with Crippen molar-refractivity contribution >= 4 is 23.2 Å². The molecule has 4 nitrogen and oxygen atoms in total. The highest BCUT2D eigenvalue weighted by Gasteiger charge is 2.26. The number of halogens is 1. The third kappa shape index (κ3) is 4.20. The number of benzene rings is 1. The molecule has 20 heavy (non-hydrogen) atoms. The Kier molecular flexibility index (Phi) is 5.83. The van der Waals surface area contributed by atoms with Gasteiger partial charge in [-0.05, 0) is 31.4 Å². The largest absolute Gasteiger partial charge is 0.396 e. The van der Waals surface area contributed by atoms with Gasteiger partial charge >= 0.3 is 0 Å². The van der Waals surface area contributed by atoms with E-state index in [1.165, 1.54) is 6.42 Å². The smallest absolute Gasteiger partial charge is 0.238 e. The second-order valence-electron chi connectivity index (χ2n) is 5.16. The Morgan fingerprint density at radius 3 is 2.75 bits per heavy atom. The fourth-order valence-corrected chi connectivity index (χ4v) is 2.54. The number of hydrogen-bond acceptors (Lipinski definition) is 3. The van der Waals surface area contributed by atoms with Crippen LogP contribution in [0.5, 0.6) is 0 Å². The van der Waals surface area contributed by atoms with Crippen LogP contribution in [0.1, 0.15) is 25.7 Å². The number of para-hydroxylation sites is 1. The minimum Gasteiger partial charge on any atom is -0.396 e. The molecule has 1 aromatic carbocycles. The first-order chi connectivity index (χ1) is 9.70. The summed E-state index contributed by atoms with van der Waals surface area (Å²) >= 11 is 6.03. The summed E-state index contributed by atoms with van der Waals surface area (Å²) in [5.41, 5.74) is 0.648. The number of nitrogens with zero attached hydrogens (tertiary/aromatic N) is 1. The van der Waals surface area contributed by atoms with Crippen LogP contribution in [0.15, 0.2) is 24.3 Å². The average Bonchev–Trinajstić information content (AvgIpc) is 2.36. The molecule has 0 saturated heterocycles. The molecule has 0 aromatic heterocycles. The Bertz CT molecular complexity index is 449. The third-order valence-electron chi connectivity index (χ3n) is 3.69. The second kappa shape index (κ2) is 7.62. The van der Waals surface area contributed by atoms with Gasteiger partial charge in [0.05, 0.1) is 17.3 Å². The molecule has 5 heteroatoms. The molecular weight excluding hydrogens is 276 g/mol. The molecule has 1 aromatic rings. The number of hydrogen-bond donors (Lipinski definition) is 2. The summed E-state index contributed by atoms with van der Waals surface area (Å²) in [4.78, 5) is 14.3. The second-order valence-corrected chi connectivity index (χ2v) is 5.57. The predicted octanol–water partition coefficient (Wildman–Crippen LogP) is 2.52. The number of aliphatic hydroxyl groups is 1. The van der Waals surface area contributed by atoms with Crippen LogP contribution in [0.3, 0.4) is 0 Å². The Balaban J connectivity index is 1.89. The van der Waals surface area contributed by atoms with E-state index < -0.39 is 0 Å². The molecule has 0 aliphatic heterocycles. The summed E-state index contributed by atoms with van der Waals surface area (Å²) in [7, 11) is 0. The Labute approximate surface area is 124 Å². The van der Waals surface area contributed by atoms with Gasteiger partial charge in [0.2, 0.25) is 5.91 Å². The SMILES string of the molecule is O=C(CN(CCCO)C1CCC1)Nc1ccccc1Cl. The zero-order valence-electron chi connectivity index (χ0n) is 11.5. The van der Waals surface area contributed by atoms with E-state index >= 15 is 0 Å². The monoisotopic (exact) mass is 296 g/mol. The number of anilines is 1. The van der Waals surface area contributed by atoms with Crippen LogP contribution in [0.2, 0.25) is 5.02 Å². The highest BCUT2D eigenvalue weighted by Crippen LogP contribution is 2.25. The highest BCUT2D eigenvalue weighted by atomic mass is 35.5. The van der Waals surface area contributed by atoms with Crippen molar-refractivity contribution in [2.24, 2.45) is 0 Å². The van der Waals surface area contributed by atoms with Crippen LogP contribution in [-0.2, 0) is 4.79 Å². The highest BCUT2D eigenvalue weighted by molar-refractivity contribution is 6.33. The molecule has 1 aliphatic carbocycles. The number of rotatable bonds is 7.